The maximum Gasteiger partial charge on any atom is 0.105 e. The van der Waals surface area contributed by atoms with Crippen molar-refractivity contribution < 1.29 is 0 Å². The molecule has 1 aromatic heterocycles. The Bertz CT molecular complexity index is 315. The van der Waals surface area contributed by atoms with Gasteiger partial charge in [0.15, 0.2) is 0 Å². The van der Waals surface area contributed by atoms with E-state index in [2.05, 4.69) is 40.7 Å². The van der Waals surface area contributed by atoms with E-state index >= 15 is 0 Å². The molecule has 16 heavy (non-hydrogen) atoms. The van der Waals surface area contributed by atoms with Crippen LogP contribution in [0.5, 0.6) is 0 Å². The van der Waals surface area contributed by atoms with E-state index in [1.807, 2.05) is 20.2 Å². The Morgan fingerprint density at radius 3 is 2.44 bits per heavy atom. The molecule has 1 rings (SSSR count). The molecule has 1 N–H and O–H groups in total. The first-order valence-corrected chi connectivity index (χ1v) is 6.02. The predicted molar refractivity (Wildman–Crippen MR) is 67.5 cm³/mol. The van der Waals surface area contributed by atoms with Gasteiger partial charge in [0.1, 0.15) is 5.82 Å². The van der Waals surface area contributed by atoms with Gasteiger partial charge in [0.25, 0.3) is 0 Å². The number of aryl methyl sites for hydroxylation is 1. The summed E-state index contributed by atoms with van der Waals surface area (Å²) in [6, 6.07) is 0.409. The molecule has 1 aromatic rings. The molecular formula is C12H24N4. The summed E-state index contributed by atoms with van der Waals surface area (Å²) in [7, 11) is 4.09. The molecule has 0 amide bonds. The Kier molecular flexibility index (Phi) is 4.96. The summed E-state index contributed by atoms with van der Waals surface area (Å²) in [5, 5.41) is 3.27. The lowest BCUT2D eigenvalue weighted by Gasteiger charge is -2.29. The highest BCUT2D eigenvalue weighted by Gasteiger charge is 2.20. The third-order valence-electron chi connectivity index (χ3n) is 3.25. The molecule has 4 nitrogen and oxygen atoms in total. The van der Waals surface area contributed by atoms with E-state index in [9.17, 15) is 0 Å². The minimum Gasteiger partial charge on any atom is -0.334 e. The van der Waals surface area contributed by atoms with Gasteiger partial charge in [-0.3, -0.25) is 4.90 Å². The number of rotatable bonds is 6. The van der Waals surface area contributed by atoms with Gasteiger partial charge in [-0.25, -0.2) is 4.98 Å². The quantitative estimate of drug-likeness (QED) is 0.791. The fourth-order valence-corrected chi connectivity index (χ4v) is 2.11. The first-order chi connectivity index (χ1) is 7.65. The number of nitrogens with zero attached hydrogens (tertiary/aromatic N) is 3. The topological polar surface area (TPSA) is 33.1 Å². The van der Waals surface area contributed by atoms with Gasteiger partial charge in [-0.2, -0.15) is 0 Å². The van der Waals surface area contributed by atoms with Gasteiger partial charge in [0.05, 0.1) is 17.9 Å². The standard InChI is InChI=1S/C12H24N4/c1-6-16(7-2)12(8-13-4)11-9-14-10(3)15(11)5/h9,12-13H,6-8H2,1-5H3. The average molecular weight is 224 g/mol. The van der Waals surface area contributed by atoms with Crippen LogP contribution in [-0.4, -0.2) is 41.1 Å². The van der Waals surface area contributed by atoms with Gasteiger partial charge in [0.2, 0.25) is 0 Å². The summed E-state index contributed by atoms with van der Waals surface area (Å²) in [6.45, 7) is 9.54. The number of imidazole rings is 1. The van der Waals surface area contributed by atoms with Crippen LogP contribution in [-0.2, 0) is 7.05 Å². The molecule has 4 heteroatoms. The molecule has 0 saturated carbocycles. The summed E-state index contributed by atoms with van der Waals surface area (Å²) in [6.07, 6.45) is 2.00. The van der Waals surface area contributed by atoms with E-state index in [1.165, 1.54) is 5.69 Å². The lowest BCUT2D eigenvalue weighted by Crippen LogP contribution is -2.35. The second kappa shape index (κ2) is 6.01. The number of aromatic nitrogens is 2. The van der Waals surface area contributed by atoms with E-state index in [0.29, 0.717) is 6.04 Å². The molecule has 0 aromatic carbocycles. The third-order valence-corrected chi connectivity index (χ3v) is 3.25. The van der Waals surface area contributed by atoms with Crippen molar-refractivity contribution in [2.75, 3.05) is 26.7 Å². The largest absolute Gasteiger partial charge is 0.334 e. The van der Waals surface area contributed by atoms with Crippen LogP contribution in [0.3, 0.4) is 0 Å². The Morgan fingerprint density at radius 1 is 1.44 bits per heavy atom. The zero-order valence-corrected chi connectivity index (χ0v) is 11.1. The maximum absolute atomic E-state index is 4.38. The Morgan fingerprint density at radius 2 is 2.06 bits per heavy atom. The van der Waals surface area contributed by atoms with Gasteiger partial charge in [-0.1, -0.05) is 13.8 Å². The van der Waals surface area contributed by atoms with Gasteiger partial charge in [-0.15, -0.1) is 0 Å². The van der Waals surface area contributed by atoms with E-state index in [-0.39, 0.29) is 0 Å². The van der Waals surface area contributed by atoms with Crippen molar-refractivity contribution in [3.8, 4) is 0 Å². The zero-order valence-electron chi connectivity index (χ0n) is 11.1. The van der Waals surface area contributed by atoms with E-state index in [1.54, 1.807) is 0 Å². The van der Waals surface area contributed by atoms with Crippen molar-refractivity contribution >= 4 is 0 Å². The number of nitrogens with one attached hydrogen (secondary N) is 1. The van der Waals surface area contributed by atoms with Gasteiger partial charge < -0.3 is 9.88 Å². The predicted octanol–water partition coefficient (Wildman–Crippen LogP) is 1.33. The summed E-state index contributed by atoms with van der Waals surface area (Å²) in [5.74, 6) is 1.07. The zero-order chi connectivity index (χ0) is 12.1. The first-order valence-electron chi connectivity index (χ1n) is 6.02. The van der Waals surface area contributed by atoms with Crippen LogP contribution in [0.25, 0.3) is 0 Å². The molecule has 0 spiro atoms. The smallest absolute Gasteiger partial charge is 0.105 e. The Labute approximate surface area is 98.7 Å². The monoisotopic (exact) mass is 224 g/mol. The maximum atomic E-state index is 4.38. The molecule has 0 fully saturated rings. The molecule has 1 unspecified atom stereocenters. The summed E-state index contributed by atoms with van der Waals surface area (Å²) < 4.78 is 2.18. The second-order valence-electron chi connectivity index (χ2n) is 4.08. The van der Waals surface area contributed by atoms with Gasteiger partial charge in [0, 0.05) is 13.6 Å². The number of likely N-dealkylation sites (N-methyl/N-ethyl adjacent to an activating group) is 2. The molecular weight excluding hydrogens is 200 g/mol. The van der Waals surface area contributed by atoms with Crippen LogP contribution in [0.1, 0.15) is 31.4 Å². The molecule has 1 atom stereocenters. The fourth-order valence-electron chi connectivity index (χ4n) is 2.11. The van der Waals surface area contributed by atoms with Crippen LogP contribution in [0.2, 0.25) is 0 Å². The Balaban J connectivity index is 2.96. The van der Waals surface area contributed by atoms with Crippen molar-refractivity contribution in [1.29, 1.82) is 0 Å². The van der Waals surface area contributed by atoms with Crippen LogP contribution in [0.4, 0.5) is 0 Å². The lowest BCUT2D eigenvalue weighted by molar-refractivity contribution is 0.209. The summed E-state index contributed by atoms with van der Waals surface area (Å²) in [5.41, 5.74) is 1.29. The van der Waals surface area contributed by atoms with Crippen LogP contribution in [0.15, 0.2) is 6.20 Å². The number of hydrogen-bond donors (Lipinski definition) is 1. The van der Waals surface area contributed by atoms with Crippen molar-refractivity contribution in [3.05, 3.63) is 17.7 Å². The lowest BCUT2D eigenvalue weighted by atomic mass is 10.1. The van der Waals surface area contributed by atoms with Crippen molar-refractivity contribution in [3.63, 3.8) is 0 Å². The normalized spacial score (nSPS) is 13.4. The van der Waals surface area contributed by atoms with E-state index < -0.39 is 0 Å². The van der Waals surface area contributed by atoms with Crippen molar-refractivity contribution in [2.24, 2.45) is 7.05 Å². The molecule has 0 radical (unpaired) electrons. The highest BCUT2D eigenvalue weighted by molar-refractivity contribution is 5.10. The highest BCUT2D eigenvalue weighted by Crippen LogP contribution is 2.19. The van der Waals surface area contributed by atoms with E-state index in [0.717, 1.165) is 25.5 Å². The second-order valence-corrected chi connectivity index (χ2v) is 4.08. The van der Waals surface area contributed by atoms with Crippen LogP contribution >= 0.6 is 0 Å². The first kappa shape index (κ1) is 13.2. The summed E-state index contributed by atoms with van der Waals surface area (Å²) >= 11 is 0. The van der Waals surface area contributed by atoms with E-state index in [4.69, 9.17) is 0 Å². The van der Waals surface area contributed by atoms with Crippen molar-refractivity contribution in [2.45, 2.75) is 26.8 Å². The SMILES string of the molecule is CCN(CC)C(CNC)c1cnc(C)n1C. The molecule has 0 saturated heterocycles. The molecule has 0 aliphatic rings. The average Bonchev–Trinajstić information content (AvgIpc) is 2.60. The molecule has 0 aliphatic heterocycles. The summed E-state index contributed by atoms with van der Waals surface area (Å²) in [4.78, 5) is 6.83. The molecule has 0 aliphatic carbocycles. The van der Waals surface area contributed by atoms with Crippen LogP contribution < -0.4 is 5.32 Å². The molecule has 92 valence electrons. The number of hydrogen-bond acceptors (Lipinski definition) is 3. The molecule has 0 bridgehead atoms. The van der Waals surface area contributed by atoms with Gasteiger partial charge >= 0.3 is 0 Å². The molecule has 1 heterocycles. The minimum atomic E-state index is 0.409. The minimum absolute atomic E-state index is 0.409. The van der Waals surface area contributed by atoms with Gasteiger partial charge in [-0.05, 0) is 27.1 Å². The Hall–Kier alpha value is -0.870. The van der Waals surface area contributed by atoms with Crippen molar-refractivity contribution in [1.82, 2.24) is 19.8 Å². The van der Waals surface area contributed by atoms with Crippen LogP contribution in [0, 0.1) is 6.92 Å². The fraction of sp³-hybridized carbons (Fsp3) is 0.750. The third kappa shape index (κ3) is 2.62. The highest BCUT2D eigenvalue weighted by atomic mass is 15.2.